The lowest BCUT2D eigenvalue weighted by Gasteiger charge is -2.10. The molecular weight excluding hydrogens is 210 g/mol. The first kappa shape index (κ1) is 12.4. The van der Waals surface area contributed by atoms with E-state index in [1.807, 2.05) is 32.0 Å². The molecule has 0 fully saturated rings. The molecule has 0 amide bonds. The molecule has 1 rings (SSSR count). The van der Waals surface area contributed by atoms with Crippen molar-refractivity contribution in [1.82, 2.24) is 0 Å². The van der Waals surface area contributed by atoms with Crippen LogP contribution in [0.4, 0.5) is 0 Å². The molecule has 84 valence electrons. The molecule has 0 aliphatic heterocycles. The summed E-state index contributed by atoms with van der Waals surface area (Å²) in [6.07, 6.45) is -0.689. The second kappa shape index (κ2) is 5.39. The second-order valence-corrected chi connectivity index (χ2v) is 5.13. The molecule has 0 spiro atoms. The Hall–Kier alpha value is -0.710. The van der Waals surface area contributed by atoms with Crippen molar-refractivity contribution < 1.29 is 9.32 Å². The van der Waals surface area contributed by atoms with Crippen molar-refractivity contribution >= 4 is 10.8 Å². The minimum Gasteiger partial charge on any atom is -0.391 e. The molecule has 1 aromatic carbocycles. The highest BCUT2D eigenvalue weighted by Crippen LogP contribution is 2.15. The maximum Gasteiger partial charge on any atom is 0.0781 e. The summed E-state index contributed by atoms with van der Waals surface area (Å²) in [6, 6.07) is 5.82. The normalized spacial score (nSPS) is 14.9. The lowest BCUT2D eigenvalue weighted by Crippen LogP contribution is -2.26. The molecule has 2 unspecified atom stereocenters. The monoisotopic (exact) mass is 227 g/mol. The Morgan fingerprint density at radius 1 is 1.47 bits per heavy atom. The molecule has 15 heavy (non-hydrogen) atoms. The number of aliphatic hydroxyl groups excluding tert-OH is 1. The quantitative estimate of drug-likeness (QED) is 0.797. The summed E-state index contributed by atoms with van der Waals surface area (Å²) in [4.78, 5) is 0.794. The number of hydrogen-bond donors (Lipinski definition) is 2. The van der Waals surface area contributed by atoms with Crippen LogP contribution in [0.25, 0.3) is 0 Å². The number of rotatable bonds is 4. The van der Waals surface area contributed by atoms with Gasteiger partial charge in [-0.3, -0.25) is 4.21 Å². The van der Waals surface area contributed by atoms with Crippen LogP contribution in [0.2, 0.25) is 0 Å². The number of hydrogen-bond acceptors (Lipinski definition) is 3. The highest BCUT2D eigenvalue weighted by atomic mass is 32.2. The van der Waals surface area contributed by atoms with Crippen LogP contribution in [-0.4, -0.2) is 27.7 Å². The first-order chi connectivity index (χ1) is 7.04. The van der Waals surface area contributed by atoms with E-state index in [1.165, 1.54) is 0 Å². The van der Waals surface area contributed by atoms with E-state index in [4.69, 9.17) is 5.73 Å². The first-order valence-electron chi connectivity index (χ1n) is 4.88. The van der Waals surface area contributed by atoms with E-state index < -0.39 is 16.9 Å². The van der Waals surface area contributed by atoms with Crippen molar-refractivity contribution in [2.75, 3.05) is 12.3 Å². The summed E-state index contributed by atoms with van der Waals surface area (Å²) in [5.41, 5.74) is 7.35. The number of nitrogens with two attached hydrogens (primary N) is 1. The molecule has 0 aliphatic rings. The van der Waals surface area contributed by atoms with E-state index >= 15 is 0 Å². The van der Waals surface area contributed by atoms with E-state index in [0.717, 1.165) is 16.0 Å². The van der Waals surface area contributed by atoms with Crippen molar-refractivity contribution in [1.29, 1.82) is 0 Å². The van der Waals surface area contributed by atoms with Crippen LogP contribution in [0.5, 0.6) is 0 Å². The average molecular weight is 227 g/mol. The minimum absolute atomic E-state index is 0.149. The predicted molar refractivity (Wildman–Crippen MR) is 62.3 cm³/mol. The van der Waals surface area contributed by atoms with Crippen molar-refractivity contribution in [3.8, 4) is 0 Å². The minimum atomic E-state index is -1.17. The van der Waals surface area contributed by atoms with Gasteiger partial charge in [-0.15, -0.1) is 0 Å². The van der Waals surface area contributed by atoms with Gasteiger partial charge in [0, 0.05) is 11.4 Å². The predicted octanol–water partition coefficient (Wildman–Crippen LogP) is 0.731. The zero-order chi connectivity index (χ0) is 11.4. The average Bonchev–Trinajstić information content (AvgIpc) is 2.21. The van der Waals surface area contributed by atoms with Gasteiger partial charge in [-0.05, 0) is 31.0 Å². The third-order valence-electron chi connectivity index (χ3n) is 2.20. The lowest BCUT2D eigenvalue weighted by molar-refractivity contribution is 0.207. The summed E-state index contributed by atoms with van der Waals surface area (Å²) in [7, 11) is -1.17. The van der Waals surface area contributed by atoms with E-state index in [9.17, 15) is 9.32 Å². The Balaban J connectivity index is 2.86. The Morgan fingerprint density at radius 2 is 2.13 bits per heavy atom. The molecular formula is C11H17NO2S. The molecule has 0 aliphatic carbocycles. The lowest BCUT2D eigenvalue weighted by atomic mass is 10.2. The Labute approximate surface area is 92.8 Å². The fraction of sp³-hybridized carbons (Fsp3) is 0.455. The fourth-order valence-electron chi connectivity index (χ4n) is 1.29. The zero-order valence-corrected chi connectivity index (χ0v) is 9.88. The van der Waals surface area contributed by atoms with Gasteiger partial charge in [-0.25, -0.2) is 0 Å². The van der Waals surface area contributed by atoms with Crippen LogP contribution in [0, 0.1) is 13.8 Å². The van der Waals surface area contributed by atoms with Gasteiger partial charge in [0.05, 0.1) is 22.7 Å². The number of benzene rings is 1. The van der Waals surface area contributed by atoms with Crippen molar-refractivity contribution in [2.24, 2.45) is 5.73 Å². The molecule has 0 bridgehead atoms. The molecule has 2 atom stereocenters. The molecule has 0 radical (unpaired) electrons. The fourth-order valence-corrected chi connectivity index (χ4v) is 2.69. The Morgan fingerprint density at radius 3 is 2.73 bits per heavy atom. The van der Waals surface area contributed by atoms with E-state index in [1.54, 1.807) is 0 Å². The summed E-state index contributed by atoms with van der Waals surface area (Å²) in [5.74, 6) is 0.209. The summed E-state index contributed by atoms with van der Waals surface area (Å²) in [6.45, 7) is 4.03. The highest BCUT2D eigenvalue weighted by molar-refractivity contribution is 7.85. The van der Waals surface area contributed by atoms with E-state index in [0.29, 0.717) is 0 Å². The number of aryl methyl sites for hydroxylation is 2. The zero-order valence-electron chi connectivity index (χ0n) is 9.06. The largest absolute Gasteiger partial charge is 0.391 e. The molecule has 0 saturated heterocycles. The van der Waals surface area contributed by atoms with Crippen LogP contribution in [-0.2, 0) is 10.8 Å². The topological polar surface area (TPSA) is 63.3 Å². The summed E-state index contributed by atoms with van der Waals surface area (Å²) >= 11 is 0. The number of aliphatic hydroxyl groups is 1. The summed E-state index contributed by atoms with van der Waals surface area (Å²) < 4.78 is 11.9. The maximum absolute atomic E-state index is 11.9. The Bertz CT molecular complexity index is 366. The Kier molecular flexibility index (Phi) is 4.45. The third-order valence-corrected chi connectivity index (χ3v) is 3.82. The molecule has 0 aromatic heterocycles. The van der Waals surface area contributed by atoms with Crippen molar-refractivity contribution in [3.05, 3.63) is 29.3 Å². The van der Waals surface area contributed by atoms with Gasteiger partial charge < -0.3 is 10.8 Å². The second-order valence-electron chi connectivity index (χ2n) is 3.67. The van der Waals surface area contributed by atoms with Gasteiger partial charge in [-0.1, -0.05) is 12.1 Å². The van der Waals surface area contributed by atoms with Crippen LogP contribution in [0.3, 0.4) is 0 Å². The van der Waals surface area contributed by atoms with Gasteiger partial charge in [0.25, 0.3) is 0 Å². The molecule has 3 nitrogen and oxygen atoms in total. The van der Waals surface area contributed by atoms with Gasteiger partial charge in [-0.2, -0.15) is 0 Å². The molecule has 0 saturated carbocycles. The standard InChI is InChI=1S/C11H17NO2S/c1-8-3-4-9(2)11(5-8)15(14)7-10(13)6-12/h3-5,10,13H,6-7,12H2,1-2H3. The smallest absolute Gasteiger partial charge is 0.0781 e. The molecule has 4 heteroatoms. The molecule has 1 aromatic rings. The van der Waals surface area contributed by atoms with Crippen LogP contribution >= 0.6 is 0 Å². The van der Waals surface area contributed by atoms with Crippen LogP contribution in [0.15, 0.2) is 23.1 Å². The van der Waals surface area contributed by atoms with Crippen LogP contribution in [0.1, 0.15) is 11.1 Å². The van der Waals surface area contributed by atoms with E-state index in [2.05, 4.69) is 0 Å². The molecule has 0 heterocycles. The van der Waals surface area contributed by atoms with Crippen LogP contribution < -0.4 is 5.73 Å². The van der Waals surface area contributed by atoms with Gasteiger partial charge >= 0.3 is 0 Å². The van der Waals surface area contributed by atoms with Gasteiger partial charge in [0.1, 0.15) is 0 Å². The highest BCUT2D eigenvalue weighted by Gasteiger charge is 2.11. The molecule has 3 N–H and O–H groups in total. The maximum atomic E-state index is 11.9. The van der Waals surface area contributed by atoms with Crippen molar-refractivity contribution in [2.45, 2.75) is 24.8 Å². The van der Waals surface area contributed by atoms with Crippen molar-refractivity contribution in [3.63, 3.8) is 0 Å². The summed E-state index contributed by atoms with van der Waals surface area (Å²) in [5, 5.41) is 9.33. The first-order valence-corrected chi connectivity index (χ1v) is 6.20. The van der Waals surface area contributed by atoms with E-state index in [-0.39, 0.29) is 12.3 Å². The van der Waals surface area contributed by atoms with Gasteiger partial charge in [0.2, 0.25) is 0 Å². The van der Waals surface area contributed by atoms with Gasteiger partial charge in [0.15, 0.2) is 0 Å². The SMILES string of the molecule is Cc1ccc(C)c(S(=O)CC(O)CN)c1. The third kappa shape index (κ3) is 3.41.